The third-order valence-corrected chi connectivity index (χ3v) is 24.5. The van der Waals surface area contributed by atoms with Gasteiger partial charge in [0, 0.05) is 119 Å². The minimum Gasteiger partial charge on any atom is -0.466 e. The van der Waals surface area contributed by atoms with Gasteiger partial charge in [0.25, 0.3) is 0 Å². The van der Waals surface area contributed by atoms with Crippen molar-refractivity contribution in [3.05, 3.63) is 254 Å². The molecule has 5 aromatic carbocycles. The van der Waals surface area contributed by atoms with Gasteiger partial charge in [0.15, 0.2) is 34.5 Å². The molecule has 23 nitrogen and oxygen atoms in total. The van der Waals surface area contributed by atoms with Crippen molar-refractivity contribution < 1.29 is 48.1 Å². The number of rotatable bonds is 24. The van der Waals surface area contributed by atoms with Crippen molar-refractivity contribution in [3.63, 3.8) is 0 Å². The maximum Gasteiger partial charge on any atom is 0.306 e. The molecule has 4 aliphatic rings. The molecular formula is C99H110ClFN14O9. The van der Waals surface area contributed by atoms with Gasteiger partial charge in [0.2, 0.25) is 5.91 Å². The minimum absolute atomic E-state index is 0.0128. The van der Waals surface area contributed by atoms with Gasteiger partial charge in [-0.25, -0.2) is 14.1 Å². The number of piperidine rings is 4. The number of carbonyl (C=O) groups excluding carboxylic acids is 6. The Labute approximate surface area is 729 Å². The number of aliphatic hydroxyl groups excluding tert-OH is 2. The van der Waals surface area contributed by atoms with Crippen LogP contribution in [0.25, 0.3) is 76.4 Å². The van der Waals surface area contributed by atoms with Crippen molar-refractivity contribution in [1.82, 2.24) is 58.1 Å². The second-order valence-corrected chi connectivity index (χ2v) is 33.3. The highest BCUT2D eigenvalue weighted by Crippen LogP contribution is 2.38. The summed E-state index contributed by atoms with van der Waals surface area (Å²) in [5.74, 6) is -0.284. The van der Waals surface area contributed by atoms with Crippen LogP contribution in [0.4, 0.5) is 15.8 Å². The van der Waals surface area contributed by atoms with Crippen LogP contribution in [0.3, 0.4) is 0 Å². The first kappa shape index (κ1) is 90.0. The molecule has 0 saturated carbocycles. The number of fused-ring (bicyclic) bond motifs is 4. The van der Waals surface area contributed by atoms with Gasteiger partial charge in [-0.3, -0.25) is 63.3 Å². The van der Waals surface area contributed by atoms with Crippen LogP contribution in [0, 0.1) is 46.7 Å². The average Bonchev–Trinajstić information content (AvgIpc) is 1.62. The Morgan fingerprint density at radius 3 is 1.28 bits per heavy atom. The average molecular weight is 1690 g/mol. The molecule has 4 fully saturated rings. The van der Waals surface area contributed by atoms with Gasteiger partial charge in [-0.05, 0) is 245 Å². The van der Waals surface area contributed by atoms with Gasteiger partial charge in [-0.1, -0.05) is 80.8 Å². The van der Waals surface area contributed by atoms with Crippen molar-refractivity contribution >= 4 is 102 Å². The number of amides is 1. The van der Waals surface area contributed by atoms with Crippen LogP contribution in [0.15, 0.2) is 164 Å². The fourth-order valence-corrected chi connectivity index (χ4v) is 17.8. The summed E-state index contributed by atoms with van der Waals surface area (Å²) in [4.78, 5) is 107. The number of esters is 1. The number of likely N-dealkylation sites (tertiary alicyclic amines) is 4. The van der Waals surface area contributed by atoms with Gasteiger partial charge in [0.1, 0.15) is 5.82 Å². The van der Waals surface area contributed by atoms with Gasteiger partial charge >= 0.3 is 5.97 Å². The van der Waals surface area contributed by atoms with Crippen LogP contribution < -0.4 is 5.32 Å². The summed E-state index contributed by atoms with van der Waals surface area (Å²) in [6.45, 7) is 39.3. The second kappa shape index (κ2) is 41.6. The lowest BCUT2D eigenvalue weighted by molar-refractivity contribution is -0.143. The molecule has 3 N–H and O–H groups in total. The first-order valence-corrected chi connectivity index (χ1v) is 43.7. The maximum absolute atomic E-state index is 13.5. The van der Waals surface area contributed by atoms with Crippen molar-refractivity contribution in [3.8, 4) is 22.7 Å². The number of carbonyl (C=O) groups is 6. The molecule has 7 aromatic heterocycles. The summed E-state index contributed by atoms with van der Waals surface area (Å²) in [6, 6.07) is 44.4. The predicted molar refractivity (Wildman–Crippen MR) is 486 cm³/mol. The second-order valence-electron chi connectivity index (χ2n) is 32.9. The summed E-state index contributed by atoms with van der Waals surface area (Å²) in [7, 11) is 0. The zero-order valence-electron chi connectivity index (χ0n) is 72.1. The lowest BCUT2D eigenvalue weighted by Gasteiger charge is -2.28. The number of Topliss-reactive ketones (excluding diaryl/α,β-unsaturated/α-hetero) is 4. The van der Waals surface area contributed by atoms with Gasteiger partial charge in [-0.2, -0.15) is 0 Å². The van der Waals surface area contributed by atoms with E-state index in [0.29, 0.717) is 103 Å². The minimum atomic E-state index is -0.281. The highest BCUT2D eigenvalue weighted by molar-refractivity contribution is 6.30. The molecule has 16 rings (SSSR count). The number of ether oxygens (including phenoxy) is 1. The Balaban J connectivity index is 0.000000143. The molecule has 4 saturated heterocycles. The van der Waals surface area contributed by atoms with E-state index in [1.165, 1.54) is 25.0 Å². The third kappa shape index (κ3) is 21.0. The van der Waals surface area contributed by atoms with E-state index >= 15 is 0 Å². The fourth-order valence-electron chi connectivity index (χ4n) is 17.7. The number of halogens is 2. The Hall–Kier alpha value is -11.7. The Kier molecular flexibility index (Phi) is 30.2. The van der Waals surface area contributed by atoms with E-state index in [1.807, 2.05) is 149 Å². The monoisotopic (exact) mass is 1690 g/mol. The predicted octanol–water partition coefficient (Wildman–Crippen LogP) is 18.1. The van der Waals surface area contributed by atoms with E-state index in [-0.39, 0.29) is 71.3 Å². The van der Waals surface area contributed by atoms with E-state index in [4.69, 9.17) is 39.5 Å². The van der Waals surface area contributed by atoms with Gasteiger partial charge < -0.3 is 38.5 Å². The molecule has 2 unspecified atom stereocenters. The van der Waals surface area contributed by atoms with Crippen LogP contribution in [-0.2, 0) is 14.3 Å². The highest BCUT2D eigenvalue weighted by atomic mass is 35.5. The summed E-state index contributed by atoms with van der Waals surface area (Å²) >= 11 is 6.03. The zero-order chi connectivity index (χ0) is 87.8. The smallest absolute Gasteiger partial charge is 0.306 e. The fraction of sp³-hybridized carbons (Fsp3) is 0.384. The highest BCUT2D eigenvalue weighted by Gasteiger charge is 2.32. The summed E-state index contributed by atoms with van der Waals surface area (Å²) in [6.07, 6.45) is 15.3. The van der Waals surface area contributed by atoms with Crippen LogP contribution in [0.1, 0.15) is 192 Å². The van der Waals surface area contributed by atoms with E-state index in [2.05, 4.69) is 54.8 Å². The molecule has 1 amide bonds. The van der Waals surface area contributed by atoms with E-state index < -0.39 is 0 Å². The lowest BCUT2D eigenvalue weighted by Crippen LogP contribution is -2.39. The van der Waals surface area contributed by atoms with Gasteiger partial charge in [0.05, 0.1) is 120 Å². The maximum atomic E-state index is 13.5. The largest absolute Gasteiger partial charge is 0.466 e. The van der Waals surface area contributed by atoms with Crippen molar-refractivity contribution in [2.24, 2.45) is 0 Å². The number of hydrogen-bond acceptors (Lipinski definition) is 16. The molecule has 2 atom stereocenters. The van der Waals surface area contributed by atoms with Crippen molar-refractivity contribution in [2.75, 3.05) is 91.7 Å². The Bertz CT molecular complexity index is 5550. The number of hydrogen-bond donors (Lipinski definition) is 3. The van der Waals surface area contributed by atoms with Crippen molar-refractivity contribution in [2.45, 2.75) is 156 Å². The van der Waals surface area contributed by atoms with Gasteiger partial charge in [-0.15, -0.1) is 0 Å². The number of pyridine rings is 3. The molecule has 12 aromatic rings. The molecule has 0 bridgehead atoms. The van der Waals surface area contributed by atoms with Crippen molar-refractivity contribution in [1.29, 1.82) is 0 Å². The van der Waals surface area contributed by atoms with Crippen LogP contribution in [0.5, 0.6) is 0 Å². The van der Waals surface area contributed by atoms with Crippen LogP contribution in [-0.4, -0.2) is 202 Å². The first-order valence-electron chi connectivity index (χ1n) is 43.3. The molecule has 0 spiro atoms. The lowest BCUT2D eigenvalue weighted by atomic mass is 9.98. The molecule has 644 valence electrons. The molecular weight excluding hydrogens is 1580 g/mol. The molecule has 11 heterocycles. The van der Waals surface area contributed by atoms with E-state index in [9.17, 15) is 43.4 Å². The number of benzene rings is 5. The summed E-state index contributed by atoms with van der Waals surface area (Å²) in [5.41, 5.74) is 18.3. The topological polar surface area (TPSA) is 244 Å². The number of para-hydroxylation sites is 1. The number of nitrogens with zero attached hydrogens (tertiary/aromatic N) is 13. The zero-order valence-corrected chi connectivity index (χ0v) is 72.9. The standard InChI is InChI=1S/C28H33N5O2.C28H32N4O3.C22H23FN2O2.C21H22ClN3O2/c1-5-30-26(35)15-19(2)21-16-24-28(31-17-21)27(25(34)18-32-13-7-6-8-14-32)20(3)33(24)23-11-9-22(29-4)10-12-23;1-5-35-26(34)15-19(2)21-16-24-28(30-17-21)27(25(33)18-31-13-7-6-8-14-31)20(3)32(24)23-11-9-22(29-4)10-12-23;1-15-22(21(27)14-24-12-10-18(26)11-13-24)19-4-2-3-5-20(19)25(15)17-8-6-16(23)7-9-17;1-14-20(19(27)13-24-11-8-17(26)9-12-24)21-18(3-2-10-23-21)25(14)16-6-4-15(22)5-7-16/h9-12,16-17,19H,5-8,13-15,18H2,1-3H3,(H,30,35);9-12,16-17,19H,5-8,13-15,18H2,1-3H3;2-9,18,26H,10-14H2,1H3;2-7,10,17,26H,8-9,11-13H2,1H3. The van der Waals surface area contributed by atoms with Crippen LogP contribution in [0.2, 0.25) is 5.02 Å². The summed E-state index contributed by atoms with van der Waals surface area (Å²) < 4.78 is 26.7. The van der Waals surface area contributed by atoms with Crippen LogP contribution >= 0.6 is 11.6 Å². The quantitative estimate of drug-likeness (QED) is 0.0289. The molecule has 4 aliphatic heterocycles. The first-order chi connectivity index (χ1) is 59.9. The molecule has 0 aliphatic carbocycles. The Morgan fingerprint density at radius 1 is 0.476 bits per heavy atom. The summed E-state index contributed by atoms with van der Waals surface area (Å²) in [5, 5.41) is 23.8. The number of ketones is 4. The van der Waals surface area contributed by atoms with E-state index in [0.717, 1.165) is 186 Å². The molecule has 0 radical (unpaired) electrons. The molecule has 25 heteroatoms. The number of aromatic nitrogens is 7. The number of aliphatic hydroxyl groups is 2. The SMILES string of the molecule is Cc1c(C(=O)CN2CCC(O)CC2)c2ccccc2n1-c1ccc(F)cc1.Cc1c(C(=O)CN2CCC(O)CC2)c2ncccc2n1-c1ccc(Cl)cc1.[C-]#[N+]c1ccc(-n2c(C)c(C(=O)CN3CCCCC3)c3ncc(C(C)CC(=O)NCC)cc32)cc1.[C-]#[N+]c1ccc(-n2c(C)c(C(=O)CN3CCCCC3)c3ncc(C(C)CC(=O)OCC)cc32)cc1. The van der Waals surface area contributed by atoms with E-state index in [1.54, 1.807) is 61.9 Å². The third-order valence-electron chi connectivity index (χ3n) is 24.2. The molecule has 124 heavy (non-hydrogen) atoms. The number of nitrogens with one attached hydrogen (secondary N) is 1. The normalized spacial score (nSPS) is 15.5. The Morgan fingerprint density at radius 2 is 0.847 bits per heavy atom.